The summed E-state index contributed by atoms with van der Waals surface area (Å²) in [5.74, 6) is -3.86. The fourth-order valence-electron chi connectivity index (χ4n) is 1.50. The lowest BCUT2D eigenvalue weighted by Crippen LogP contribution is -2.21. The summed E-state index contributed by atoms with van der Waals surface area (Å²) in [6.45, 7) is -0.608. The minimum absolute atomic E-state index is 0.0859. The molecule has 2 aromatic rings. The van der Waals surface area contributed by atoms with Crippen LogP contribution in [0.25, 0.3) is 0 Å². The van der Waals surface area contributed by atoms with Crippen molar-refractivity contribution in [2.75, 3.05) is 11.9 Å². The van der Waals surface area contributed by atoms with Gasteiger partial charge in [-0.05, 0) is 30.3 Å². The SMILES string of the molecule is O=C(COC(=O)c1ccc(F)c(F)c1)Nc1cccnc1Cl. The number of carbonyl (C=O) groups is 2. The molecule has 0 aliphatic carbocycles. The fraction of sp³-hybridized carbons (Fsp3) is 0.0714. The minimum atomic E-state index is -1.18. The molecule has 1 heterocycles. The van der Waals surface area contributed by atoms with Crippen LogP contribution in [0.3, 0.4) is 0 Å². The van der Waals surface area contributed by atoms with Crippen LogP contribution in [-0.4, -0.2) is 23.5 Å². The summed E-state index contributed by atoms with van der Waals surface area (Å²) in [6.07, 6.45) is 1.45. The highest BCUT2D eigenvalue weighted by Gasteiger charge is 2.13. The van der Waals surface area contributed by atoms with E-state index >= 15 is 0 Å². The topological polar surface area (TPSA) is 68.3 Å². The van der Waals surface area contributed by atoms with E-state index in [0.717, 1.165) is 12.1 Å². The maximum absolute atomic E-state index is 13.0. The molecule has 1 aromatic carbocycles. The van der Waals surface area contributed by atoms with Crippen LogP contribution in [0.2, 0.25) is 5.15 Å². The molecule has 0 fully saturated rings. The van der Waals surface area contributed by atoms with Crippen molar-refractivity contribution in [1.29, 1.82) is 0 Å². The summed E-state index contributed by atoms with van der Waals surface area (Å²) in [7, 11) is 0. The van der Waals surface area contributed by atoms with Crippen LogP contribution in [0, 0.1) is 11.6 Å². The van der Waals surface area contributed by atoms with Gasteiger partial charge < -0.3 is 10.1 Å². The second-order valence-electron chi connectivity index (χ2n) is 4.09. The predicted octanol–water partition coefficient (Wildman–Crippen LogP) is 2.81. The minimum Gasteiger partial charge on any atom is -0.452 e. The molecule has 5 nitrogen and oxygen atoms in total. The highest BCUT2D eigenvalue weighted by Crippen LogP contribution is 2.17. The number of nitrogens with one attached hydrogen (secondary N) is 1. The van der Waals surface area contributed by atoms with Crippen molar-refractivity contribution in [2.45, 2.75) is 0 Å². The summed E-state index contributed by atoms with van der Waals surface area (Å²) in [4.78, 5) is 27.0. The standard InChI is InChI=1S/C14H9ClF2N2O3/c15-13-11(2-1-5-18-13)19-12(20)7-22-14(21)8-3-4-9(16)10(17)6-8/h1-6H,7H2,(H,19,20). The van der Waals surface area contributed by atoms with Crippen LogP contribution in [0.15, 0.2) is 36.5 Å². The van der Waals surface area contributed by atoms with Crippen LogP contribution in [0.4, 0.5) is 14.5 Å². The van der Waals surface area contributed by atoms with Gasteiger partial charge in [0.1, 0.15) is 0 Å². The van der Waals surface area contributed by atoms with Gasteiger partial charge in [0.25, 0.3) is 5.91 Å². The highest BCUT2D eigenvalue weighted by molar-refractivity contribution is 6.32. The third-order valence-electron chi connectivity index (χ3n) is 2.52. The van der Waals surface area contributed by atoms with Crippen molar-refractivity contribution < 1.29 is 23.1 Å². The first-order chi connectivity index (χ1) is 10.5. The predicted molar refractivity (Wildman–Crippen MR) is 74.5 cm³/mol. The number of nitrogens with zero attached hydrogens (tertiary/aromatic N) is 1. The average molecular weight is 327 g/mol. The quantitative estimate of drug-likeness (QED) is 0.693. The van der Waals surface area contributed by atoms with Gasteiger partial charge in [-0.2, -0.15) is 0 Å². The highest BCUT2D eigenvalue weighted by atomic mass is 35.5. The Bertz CT molecular complexity index is 725. The van der Waals surface area contributed by atoms with Gasteiger partial charge in [0.15, 0.2) is 23.4 Å². The summed E-state index contributed by atoms with van der Waals surface area (Å²) >= 11 is 5.75. The number of amides is 1. The average Bonchev–Trinajstić information content (AvgIpc) is 2.50. The molecule has 1 amide bonds. The number of pyridine rings is 1. The van der Waals surface area contributed by atoms with Crippen molar-refractivity contribution >= 4 is 29.2 Å². The van der Waals surface area contributed by atoms with E-state index in [0.29, 0.717) is 6.07 Å². The number of esters is 1. The van der Waals surface area contributed by atoms with E-state index in [2.05, 4.69) is 10.3 Å². The summed E-state index contributed by atoms with van der Waals surface area (Å²) in [5.41, 5.74) is 0.0594. The van der Waals surface area contributed by atoms with Crippen LogP contribution < -0.4 is 5.32 Å². The lowest BCUT2D eigenvalue weighted by atomic mass is 10.2. The summed E-state index contributed by atoms with van der Waals surface area (Å²) < 4.78 is 30.4. The Balaban J connectivity index is 1.92. The van der Waals surface area contributed by atoms with E-state index in [1.54, 1.807) is 6.07 Å². The number of halogens is 3. The maximum Gasteiger partial charge on any atom is 0.338 e. The Labute approximate surface area is 128 Å². The number of rotatable bonds is 4. The number of anilines is 1. The van der Waals surface area contributed by atoms with Gasteiger partial charge in [0.2, 0.25) is 0 Å². The van der Waals surface area contributed by atoms with Crippen molar-refractivity contribution in [3.63, 3.8) is 0 Å². The second-order valence-corrected chi connectivity index (χ2v) is 4.45. The molecule has 114 valence electrons. The monoisotopic (exact) mass is 326 g/mol. The molecule has 0 radical (unpaired) electrons. The lowest BCUT2D eigenvalue weighted by molar-refractivity contribution is -0.119. The Morgan fingerprint density at radius 1 is 1.23 bits per heavy atom. The maximum atomic E-state index is 13.0. The van der Waals surface area contributed by atoms with Crippen molar-refractivity contribution in [2.24, 2.45) is 0 Å². The molecule has 0 unspecified atom stereocenters. The van der Waals surface area contributed by atoms with Crippen molar-refractivity contribution in [3.05, 3.63) is 58.9 Å². The largest absolute Gasteiger partial charge is 0.452 e. The molecule has 2 rings (SSSR count). The molecular formula is C14H9ClF2N2O3. The molecule has 0 saturated heterocycles. The zero-order valence-corrected chi connectivity index (χ0v) is 11.7. The van der Waals surface area contributed by atoms with E-state index in [-0.39, 0.29) is 16.4 Å². The van der Waals surface area contributed by atoms with Gasteiger partial charge in [-0.1, -0.05) is 11.6 Å². The molecule has 0 bridgehead atoms. The van der Waals surface area contributed by atoms with E-state index < -0.39 is 30.1 Å². The van der Waals surface area contributed by atoms with Crippen LogP contribution >= 0.6 is 11.6 Å². The number of carbonyl (C=O) groups excluding carboxylic acids is 2. The lowest BCUT2D eigenvalue weighted by Gasteiger charge is -2.07. The second kappa shape index (κ2) is 6.95. The van der Waals surface area contributed by atoms with Crippen LogP contribution in [0.5, 0.6) is 0 Å². The Kier molecular flexibility index (Phi) is 5.00. The van der Waals surface area contributed by atoms with Gasteiger partial charge >= 0.3 is 5.97 Å². The molecule has 0 atom stereocenters. The normalized spacial score (nSPS) is 10.1. The van der Waals surface area contributed by atoms with E-state index in [9.17, 15) is 18.4 Å². The van der Waals surface area contributed by atoms with Gasteiger partial charge in [-0.3, -0.25) is 4.79 Å². The zero-order valence-electron chi connectivity index (χ0n) is 11.0. The summed E-state index contributed by atoms with van der Waals surface area (Å²) in [6, 6.07) is 5.62. The fourth-order valence-corrected chi connectivity index (χ4v) is 1.67. The molecule has 0 saturated carbocycles. The van der Waals surface area contributed by atoms with Gasteiger partial charge in [-0.15, -0.1) is 0 Å². The Hall–Kier alpha value is -2.54. The smallest absolute Gasteiger partial charge is 0.338 e. The van der Waals surface area contributed by atoms with E-state index in [1.165, 1.54) is 12.3 Å². The first kappa shape index (κ1) is 15.8. The van der Waals surface area contributed by atoms with Crippen LogP contribution in [0.1, 0.15) is 10.4 Å². The molecular weight excluding hydrogens is 318 g/mol. The van der Waals surface area contributed by atoms with Crippen molar-refractivity contribution in [3.8, 4) is 0 Å². The number of hydrogen-bond acceptors (Lipinski definition) is 4. The molecule has 0 aliphatic heterocycles. The van der Waals surface area contributed by atoms with E-state index in [1.807, 2.05) is 0 Å². The van der Waals surface area contributed by atoms with Crippen molar-refractivity contribution in [1.82, 2.24) is 4.98 Å². The third kappa shape index (κ3) is 3.98. The first-order valence-corrected chi connectivity index (χ1v) is 6.37. The molecule has 0 spiro atoms. The van der Waals surface area contributed by atoms with E-state index in [4.69, 9.17) is 16.3 Å². The van der Waals surface area contributed by atoms with Gasteiger partial charge in [0, 0.05) is 6.20 Å². The molecule has 0 aliphatic rings. The number of ether oxygens (including phenoxy) is 1. The number of benzene rings is 1. The Morgan fingerprint density at radius 2 is 2.00 bits per heavy atom. The first-order valence-electron chi connectivity index (χ1n) is 6.00. The number of hydrogen-bond donors (Lipinski definition) is 1. The molecule has 8 heteroatoms. The van der Waals surface area contributed by atoms with Gasteiger partial charge in [-0.25, -0.2) is 18.6 Å². The van der Waals surface area contributed by atoms with Crippen LogP contribution in [-0.2, 0) is 9.53 Å². The third-order valence-corrected chi connectivity index (χ3v) is 2.82. The molecule has 1 aromatic heterocycles. The zero-order chi connectivity index (χ0) is 16.1. The number of aromatic nitrogens is 1. The molecule has 1 N–H and O–H groups in total. The molecule has 22 heavy (non-hydrogen) atoms. The summed E-state index contributed by atoms with van der Waals surface area (Å²) in [5, 5.41) is 2.48. The Morgan fingerprint density at radius 3 is 2.68 bits per heavy atom. The van der Waals surface area contributed by atoms with Gasteiger partial charge in [0.05, 0.1) is 11.3 Å².